The molecule has 0 unspecified atom stereocenters. The van der Waals surface area contributed by atoms with Crippen LogP contribution in [0.5, 0.6) is 11.5 Å². The van der Waals surface area contributed by atoms with Gasteiger partial charge in [-0.3, -0.25) is 4.79 Å². The van der Waals surface area contributed by atoms with Crippen LogP contribution in [-0.4, -0.2) is 19.6 Å². The third kappa shape index (κ3) is 5.28. The molecule has 2 aromatic carbocycles. The van der Waals surface area contributed by atoms with Gasteiger partial charge in [-0.15, -0.1) is 0 Å². The lowest BCUT2D eigenvalue weighted by Crippen LogP contribution is -2.15. The van der Waals surface area contributed by atoms with Crippen molar-refractivity contribution >= 4 is 40.5 Å². The Morgan fingerprint density at radius 1 is 1.25 bits per heavy atom. The zero-order chi connectivity index (χ0) is 20.7. The van der Waals surface area contributed by atoms with Crippen molar-refractivity contribution in [3.63, 3.8) is 0 Å². The standard InChI is InChI=1S/C19H16Cl2FN3O3/c1-3-28-17-5-4-12(6-15(17)22)24-10-11(9-23)19(26)25-16-8-18(27-2)14(21)7-13(16)20/h4-8,10,24H,3H2,1-2H3,(H,25,26). The summed E-state index contributed by atoms with van der Waals surface area (Å²) in [5, 5.41) is 14.9. The van der Waals surface area contributed by atoms with Crippen LogP contribution in [0.1, 0.15) is 6.92 Å². The van der Waals surface area contributed by atoms with E-state index in [-0.39, 0.29) is 27.1 Å². The van der Waals surface area contributed by atoms with Gasteiger partial charge in [-0.25, -0.2) is 4.39 Å². The topological polar surface area (TPSA) is 83.4 Å². The van der Waals surface area contributed by atoms with Crippen molar-refractivity contribution in [1.82, 2.24) is 0 Å². The number of anilines is 2. The fraction of sp³-hybridized carbons (Fsp3) is 0.158. The van der Waals surface area contributed by atoms with Crippen LogP contribution in [0.3, 0.4) is 0 Å². The lowest BCUT2D eigenvalue weighted by Gasteiger charge is -2.10. The van der Waals surface area contributed by atoms with E-state index in [1.54, 1.807) is 19.1 Å². The van der Waals surface area contributed by atoms with Crippen LogP contribution in [0, 0.1) is 17.1 Å². The molecule has 0 aliphatic heterocycles. The number of methoxy groups -OCH3 is 1. The maximum Gasteiger partial charge on any atom is 0.267 e. The first-order valence-electron chi connectivity index (χ1n) is 8.03. The first-order chi connectivity index (χ1) is 13.4. The molecule has 0 fully saturated rings. The number of hydrogen-bond acceptors (Lipinski definition) is 5. The summed E-state index contributed by atoms with van der Waals surface area (Å²) in [5.74, 6) is -0.857. The third-order valence-corrected chi connectivity index (χ3v) is 4.08. The van der Waals surface area contributed by atoms with Gasteiger partial charge in [-0.2, -0.15) is 5.26 Å². The fourth-order valence-corrected chi connectivity index (χ4v) is 2.65. The molecule has 0 saturated carbocycles. The second-order valence-electron chi connectivity index (χ2n) is 5.31. The Kier molecular flexibility index (Phi) is 7.50. The molecule has 0 aliphatic carbocycles. The molecule has 0 atom stereocenters. The molecule has 0 radical (unpaired) electrons. The summed E-state index contributed by atoms with van der Waals surface area (Å²) in [4.78, 5) is 12.3. The second kappa shape index (κ2) is 9.83. The van der Waals surface area contributed by atoms with Gasteiger partial charge < -0.3 is 20.1 Å². The van der Waals surface area contributed by atoms with Crippen LogP contribution in [0.15, 0.2) is 42.1 Å². The Balaban J connectivity index is 2.15. The average Bonchev–Trinajstić information content (AvgIpc) is 2.66. The third-order valence-electron chi connectivity index (χ3n) is 3.47. The molecule has 0 aliphatic rings. The van der Waals surface area contributed by atoms with Gasteiger partial charge in [0.05, 0.1) is 29.4 Å². The van der Waals surface area contributed by atoms with E-state index in [2.05, 4.69) is 10.6 Å². The maximum atomic E-state index is 13.9. The molecule has 2 rings (SSSR count). The van der Waals surface area contributed by atoms with Crippen molar-refractivity contribution in [3.05, 3.63) is 58.0 Å². The summed E-state index contributed by atoms with van der Waals surface area (Å²) < 4.78 is 24.1. The minimum absolute atomic E-state index is 0.113. The Bertz CT molecular complexity index is 958. The summed E-state index contributed by atoms with van der Waals surface area (Å²) in [5.41, 5.74) is 0.313. The highest BCUT2D eigenvalue weighted by molar-refractivity contribution is 6.37. The van der Waals surface area contributed by atoms with Crippen molar-refractivity contribution in [2.75, 3.05) is 24.4 Å². The van der Waals surface area contributed by atoms with Crippen LogP contribution in [0.25, 0.3) is 0 Å². The first kappa shape index (κ1) is 21.4. The summed E-state index contributed by atoms with van der Waals surface area (Å²) in [7, 11) is 1.42. The molecule has 1 amide bonds. The van der Waals surface area contributed by atoms with E-state index < -0.39 is 11.7 Å². The van der Waals surface area contributed by atoms with Crippen LogP contribution in [-0.2, 0) is 4.79 Å². The number of halogens is 3. The number of ether oxygens (including phenoxy) is 2. The largest absolute Gasteiger partial charge is 0.495 e. The molecule has 6 nitrogen and oxygen atoms in total. The van der Waals surface area contributed by atoms with E-state index in [4.69, 9.17) is 32.7 Å². The zero-order valence-corrected chi connectivity index (χ0v) is 16.5. The second-order valence-corrected chi connectivity index (χ2v) is 6.13. The smallest absolute Gasteiger partial charge is 0.267 e. The highest BCUT2D eigenvalue weighted by atomic mass is 35.5. The van der Waals surface area contributed by atoms with Gasteiger partial charge in [0.2, 0.25) is 0 Å². The molecule has 0 heterocycles. The van der Waals surface area contributed by atoms with Crippen molar-refractivity contribution in [2.24, 2.45) is 0 Å². The number of nitriles is 1. The van der Waals surface area contributed by atoms with E-state index in [0.29, 0.717) is 18.0 Å². The minimum Gasteiger partial charge on any atom is -0.495 e. The highest BCUT2D eigenvalue weighted by Gasteiger charge is 2.14. The number of nitrogens with zero attached hydrogens (tertiary/aromatic N) is 1. The summed E-state index contributed by atoms with van der Waals surface area (Å²) in [6.07, 6.45) is 1.16. The minimum atomic E-state index is -0.715. The Hall–Kier alpha value is -2.95. The van der Waals surface area contributed by atoms with Crippen LogP contribution in [0.4, 0.5) is 15.8 Å². The highest BCUT2D eigenvalue weighted by Crippen LogP contribution is 2.34. The van der Waals surface area contributed by atoms with E-state index in [1.807, 2.05) is 0 Å². The van der Waals surface area contributed by atoms with Crippen molar-refractivity contribution in [2.45, 2.75) is 6.92 Å². The van der Waals surface area contributed by atoms with Crippen molar-refractivity contribution in [3.8, 4) is 17.6 Å². The fourth-order valence-electron chi connectivity index (χ4n) is 2.14. The lowest BCUT2D eigenvalue weighted by atomic mass is 10.2. The molecule has 0 aromatic heterocycles. The monoisotopic (exact) mass is 423 g/mol. The van der Waals surface area contributed by atoms with Gasteiger partial charge in [0.1, 0.15) is 17.4 Å². The Morgan fingerprint density at radius 3 is 2.61 bits per heavy atom. The van der Waals surface area contributed by atoms with Gasteiger partial charge in [0.15, 0.2) is 11.6 Å². The summed E-state index contributed by atoms with van der Waals surface area (Å²) >= 11 is 12.0. The number of carbonyl (C=O) groups excluding carboxylic acids is 1. The number of rotatable bonds is 7. The maximum absolute atomic E-state index is 13.9. The van der Waals surface area contributed by atoms with E-state index in [9.17, 15) is 14.4 Å². The SMILES string of the molecule is CCOc1ccc(NC=C(C#N)C(=O)Nc2cc(OC)c(Cl)cc2Cl)cc1F. The number of hydrogen-bond donors (Lipinski definition) is 2. The predicted octanol–water partition coefficient (Wildman–Crippen LogP) is 5.00. The molecule has 28 heavy (non-hydrogen) atoms. The molecule has 146 valence electrons. The Labute approximate surface area is 171 Å². The first-order valence-corrected chi connectivity index (χ1v) is 8.78. The van der Waals surface area contributed by atoms with Crippen molar-refractivity contribution < 1.29 is 18.7 Å². The number of amides is 1. The van der Waals surface area contributed by atoms with Crippen molar-refractivity contribution in [1.29, 1.82) is 5.26 Å². The predicted molar refractivity (Wildman–Crippen MR) is 107 cm³/mol. The van der Waals surface area contributed by atoms with Gasteiger partial charge in [-0.1, -0.05) is 23.2 Å². The van der Waals surface area contributed by atoms with E-state index in [1.165, 1.54) is 31.4 Å². The molecule has 2 N–H and O–H groups in total. The van der Waals surface area contributed by atoms with Gasteiger partial charge in [0, 0.05) is 24.0 Å². The summed E-state index contributed by atoms with van der Waals surface area (Å²) in [6, 6.07) is 8.80. The number of benzene rings is 2. The molecule has 0 bridgehead atoms. The zero-order valence-electron chi connectivity index (χ0n) is 15.0. The normalized spacial score (nSPS) is 10.8. The van der Waals surface area contributed by atoms with E-state index >= 15 is 0 Å². The van der Waals surface area contributed by atoms with Gasteiger partial charge >= 0.3 is 0 Å². The lowest BCUT2D eigenvalue weighted by molar-refractivity contribution is -0.112. The molecular weight excluding hydrogens is 408 g/mol. The molecular formula is C19H16Cl2FN3O3. The Morgan fingerprint density at radius 2 is 2.00 bits per heavy atom. The molecule has 0 saturated heterocycles. The molecule has 0 spiro atoms. The number of carbonyl (C=O) groups is 1. The quantitative estimate of drug-likeness (QED) is 0.483. The average molecular weight is 424 g/mol. The van der Waals surface area contributed by atoms with Crippen LogP contribution >= 0.6 is 23.2 Å². The van der Waals surface area contributed by atoms with E-state index in [0.717, 1.165) is 6.20 Å². The van der Waals surface area contributed by atoms with Crippen LogP contribution < -0.4 is 20.1 Å². The molecule has 2 aromatic rings. The van der Waals surface area contributed by atoms with Gasteiger partial charge in [0.25, 0.3) is 5.91 Å². The number of nitrogens with one attached hydrogen (secondary N) is 2. The van der Waals surface area contributed by atoms with Gasteiger partial charge in [-0.05, 0) is 25.1 Å². The summed E-state index contributed by atoms with van der Waals surface area (Å²) in [6.45, 7) is 2.08. The molecule has 9 heteroatoms. The van der Waals surface area contributed by atoms with Crippen LogP contribution in [0.2, 0.25) is 10.0 Å².